The molecule has 0 radical (unpaired) electrons. The van der Waals surface area contributed by atoms with Gasteiger partial charge in [-0.3, -0.25) is 4.79 Å². The first-order chi connectivity index (χ1) is 16.0. The number of nitrogens with one attached hydrogen (secondary N) is 1. The molecule has 1 unspecified atom stereocenters. The second-order valence-electron chi connectivity index (χ2n) is 8.12. The van der Waals surface area contributed by atoms with Crippen molar-refractivity contribution in [3.05, 3.63) is 56.7 Å². The number of thiophene rings is 1. The van der Waals surface area contributed by atoms with E-state index in [1.807, 2.05) is 35.8 Å². The van der Waals surface area contributed by atoms with E-state index in [2.05, 4.69) is 28.5 Å². The Bertz CT molecular complexity index is 1180. The van der Waals surface area contributed by atoms with Crippen molar-refractivity contribution in [2.24, 2.45) is 5.92 Å². The van der Waals surface area contributed by atoms with Crippen LogP contribution in [0.1, 0.15) is 54.1 Å². The van der Waals surface area contributed by atoms with E-state index >= 15 is 0 Å². The Labute approximate surface area is 207 Å². The average Bonchev–Trinajstić information content (AvgIpc) is 3.37. The maximum Gasteiger partial charge on any atom is 0.235 e. The summed E-state index contributed by atoms with van der Waals surface area (Å²) >= 11 is 8.90. The zero-order valence-corrected chi connectivity index (χ0v) is 21.1. The molecule has 1 aromatic carbocycles. The number of nitriles is 1. The first-order valence-electron chi connectivity index (χ1n) is 11.2. The second-order valence-corrected chi connectivity index (χ2v) is 10.6. The number of fused-ring (bicyclic) bond motifs is 1. The zero-order valence-electron chi connectivity index (χ0n) is 18.7. The van der Waals surface area contributed by atoms with Gasteiger partial charge in [0.25, 0.3) is 0 Å². The number of hydrogen-bond donors (Lipinski definition) is 1. The molecule has 172 valence electrons. The number of carbonyl (C=O) groups excluding carboxylic acids is 1. The minimum Gasteiger partial charge on any atom is -0.316 e. The van der Waals surface area contributed by atoms with Crippen LogP contribution in [0.4, 0.5) is 5.00 Å². The number of hydrogen-bond acceptors (Lipinski definition) is 6. The Kier molecular flexibility index (Phi) is 7.74. The fourth-order valence-corrected chi connectivity index (χ4v) is 6.44. The number of thioether (sulfide) groups is 1. The Morgan fingerprint density at radius 2 is 2.12 bits per heavy atom. The number of nitrogens with zero attached hydrogens (tertiary/aromatic N) is 4. The Morgan fingerprint density at radius 1 is 1.33 bits per heavy atom. The van der Waals surface area contributed by atoms with Gasteiger partial charge in [-0.25, -0.2) is 0 Å². The van der Waals surface area contributed by atoms with Gasteiger partial charge in [0.1, 0.15) is 16.9 Å². The first-order valence-corrected chi connectivity index (χ1v) is 13.3. The van der Waals surface area contributed by atoms with E-state index in [-0.39, 0.29) is 11.7 Å². The summed E-state index contributed by atoms with van der Waals surface area (Å²) in [5, 5.41) is 23.4. The smallest absolute Gasteiger partial charge is 0.235 e. The van der Waals surface area contributed by atoms with Crippen LogP contribution in [-0.4, -0.2) is 26.4 Å². The van der Waals surface area contributed by atoms with Gasteiger partial charge in [0, 0.05) is 22.9 Å². The summed E-state index contributed by atoms with van der Waals surface area (Å²) in [4.78, 5) is 14.0. The molecule has 1 amide bonds. The maximum atomic E-state index is 12.7. The highest BCUT2D eigenvalue weighted by atomic mass is 35.5. The predicted octanol–water partition coefficient (Wildman–Crippen LogP) is 5.72. The Balaban J connectivity index is 1.40. The van der Waals surface area contributed by atoms with Gasteiger partial charge < -0.3 is 9.88 Å². The maximum absolute atomic E-state index is 12.7. The van der Waals surface area contributed by atoms with E-state index in [0.717, 1.165) is 42.6 Å². The molecule has 2 heterocycles. The van der Waals surface area contributed by atoms with Crippen LogP contribution in [0, 0.1) is 17.2 Å². The number of aromatic nitrogens is 3. The quantitative estimate of drug-likeness (QED) is 0.400. The van der Waals surface area contributed by atoms with Gasteiger partial charge >= 0.3 is 0 Å². The van der Waals surface area contributed by atoms with E-state index in [1.54, 1.807) is 11.3 Å². The SMILES string of the molecule is CCC1CCc2c(sc(NC(=O)CSc3nnc(Cc4ccc(Cl)cc4)n3CC)c2C#N)C1. The molecular formula is C24H26ClN5OS2. The van der Waals surface area contributed by atoms with Gasteiger partial charge in [-0.15, -0.1) is 21.5 Å². The van der Waals surface area contributed by atoms with Crippen molar-refractivity contribution in [3.8, 4) is 6.07 Å². The molecule has 0 bridgehead atoms. The molecule has 0 fully saturated rings. The zero-order chi connectivity index (χ0) is 23.4. The molecule has 2 aromatic heterocycles. The van der Waals surface area contributed by atoms with Crippen molar-refractivity contribution < 1.29 is 4.79 Å². The summed E-state index contributed by atoms with van der Waals surface area (Å²) in [5.74, 6) is 1.60. The normalized spacial score (nSPS) is 15.2. The fraction of sp³-hybridized carbons (Fsp3) is 0.417. The highest BCUT2D eigenvalue weighted by Gasteiger charge is 2.26. The molecule has 1 atom stereocenters. The highest BCUT2D eigenvalue weighted by molar-refractivity contribution is 7.99. The number of amides is 1. The summed E-state index contributed by atoms with van der Waals surface area (Å²) < 4.78 is 2.03. The lowest BCUT2D eigenvalue weighted by Crippen LogP contribution is -2.15. The first kappa shape index (κ1) is 23.8. The van der Waals surface area contributed by atoms with Crippen LogP contribution in [-0.2, 0) is 30.6 Å². The van der Waals surface area contributed by atoms with E-state index in [0.29, 0.717) is 39.6 Å². The molecule has 0 saturated carbocycles. The summed E-state index contributed by atoms with van der Waals surface area (Å²) in [6.45, 7) is 4.97. The Hall–Kier alpha value is -2.34. The van der Waals surface area contributed by atoms with Gasteiger partial charge in [-0.1, -0.05) is 48.8 Å². The average molecular weight is 500 g/mol. The predicted molar refractivity (Wildman–Crippen MR) is 134 cm³/mol. The van der Waals surface area contributed by atoms with Crippen molar-refractivity contribution in [2.45, 2.75) is 57.7 Å². The van der Waals surface area contributed by atoms with Crippen LogP contribution in [0.2, 0.25) is 5.02 Å². The van der Waals surface area contributed by atoms with Crippen LogP contribution in [0.3, 0.4) is 0 Å². The van der Waals surface area contributed by atoms with Crippen LogP contribution >= 0.6 is 34.7 Å². The standard InChI is InChI=1S/C24H26ClN5OS2/c1-3-15-7-10-18-19(13-26)23(33-20(18)11-15)27-22(31)14-32-24-29-28-21(30(24)4-2)12-16-5-8-17(25)9-6-16/h5-6,8-9,15H,3-4,7,10-12,14H2,1-2H3,(H,27,31). The highest BCUT2D eigenvalue weighted by Crippen LogP contribution is 2.40. The summed E-state index contributed by atoms with van der Waals surface area (Å²) in [6.07, 6.45) is 4.84. The van der Waals surface area contributed by atoms with Gasteiger partial charge in [-0.05, 0) is 55.4 Å². The van der Waals surface area contributed by atoms with Crippen molar-refractivity contribution in [2.75, 3.05) is 11.1 Å². The molecule has 0 aliphatic heterocycles. The molecule has 9 heteroatoms. The van der Waals surface area contributed by atoms with Crippen LogP contribution in [0.5, 0.6) is 0 Å². The molecule has 4 rings (SSSR count). The molecule has 1 N–H and O–H groups in total. The van der Waals surface area contributed by atoms with E-state index in [9.17, 15) is 10.1 Å². The van der Waals surface area contributed by atoms with Crippen molar-refractivity contribution in [1.82, 2.24) is 14.8 Å². The minimum atomic E-state index is -0.132. The van der Waals surface area contributed by atoms with Crippen molar-refractivity contribution in [1.29, 1.82) is 5.26 Å². The third-order valence-electron chi connectivity index (χ3n) is 6.03. The molecule has 1 aliphatic rings. The monoisotopic (exact) mass is 499 g/mol. The van der Waals surface area contributed by atoms with Gasteiger partial charge in [0.05, 0.1) is 11.3 Å². The second kappa shape index (κ2) is 10.7. The van der Waals surface area contributed by atoms with E-state index in [1.165, 1.54) is 16.6 Å². The summed E-state index contributed by atoms with van der Waals surface area (Å²) in [5.41, 5.74) is 2.88. The molecule has 0 spiro atoms. The molecule has 3 aromatic rings. The van der Waals surface area contributed by atoms with Gasteiger partial charge in [-0.2, -0.15) is 5.26 Å². The third kappa shape index (κ3) is 5.43. The topological polar surface area (TPSA) is 83.6 Å². The number of rotatable bonds is 8. The van der Waals surface area contributed by atoms with Crippen LogP contribution < -0.4 is 5.32 Å². The molecule has 0 saturated heterocycles. The van der Waals surface area contributed by atoms with Crippen LogP contribution in [0.25, 0.3) is 0 Å². The number of anilines is 1. The third-order valence-corrected chi connectivity index (χ3v) is 8.42. The van der Waals surface area contributed by atoms with E-state index < -0.39 is 0 Å². The molecule has 33 heavy (non-hydrogen) atoms. The van der Waals surface area contributed by atoms with Gasteiger partial charge in [0.15, 0.2) is 5.16 Å². The van der Waals surface area contributed by atoms with Crippen LogP contribution in [0.15, 0.2) is 29.4 Å². The lowest BCUT2D eigenvalue weighted by Gasteiger charge is -2.20. The van der Waals surface area contributed by atoms with Crippen molar-refractivity contribution in [3.63, 3.8) is 0 Å². The molecule has 6 nitrogen and oxygen atoms in total. The van der Waals surface area contributed by atoms with Crippen molar-refractivity contribution >= 4 is 45.6 Å². The largest absolute Gasteiger partial charge is 0.316 e. The Morgan fingerprint density at radius 3 is 2.82 bits per heavy atom. The summed E-state index contributed by atoms with van der Waals surface area (Å²) in [7, 11) is 0. The number of carbonyl (C=O) groups is 1. The minimum absolute atomic E-state index is 0.132. The summed E-state index contributed by atoms with van der Waals surface area (Å²) in [6, 6.07) is 10.0. The number of halogens is 1. The molecular weight excluding hydrogens is 474 g/mol. The lowest BCUT2D eigenvalue weighted by molar-refractivity contribution is -0.113. The fourth-order valence-electron chi connectivity index (χ4n) is 4.16. The number of benzene rings is 1. The molecule has 1 aliphatic carbocycles. The van der Waals surface area contributed by atoms with Gasteiger partial charge in [0.2, 0.25) is 5.91 Å². The van der Waals surface area contributed by atoms with E-state index in [4.69, 9.17) is 11.6 Å². The lowest BCUT2D eigenvalue weighted by atomic mass is 9.86.